The summed E-state index contributed by atoms with van der Waals surface area (Å²) in [5.74, 6) is -1.21. The third kappa shape index (κ3) is 6.91. The van der Waals surface area contributed by atoms with Gasteiger partial charge in [-0.3, -0.25) is 4.79 Å². The Morgan fingerprint density at radius 2 is 1.70 bits per heavy atom. The zero-order valence-corrected chi connectivity index (χ0v) is 21.5. The Morgan fingerprint density at radius 3 is 2.32 bits per heavy atom. The summed E-state index contributed by atoms with van der Waals surface area (Å²) < 4.78 is 0. The molecule has 0 radical (unpaired) electrons. The number of carbonyl (C=O) groups excluding carboxylic acids is 1. The highest BCUT2D eigenvalue weighted by atomic mass is 35.5. The van der Waals surface area contributed by atoms with Crippen LogP contribution in [-0.4, -0.2) is 38.0 Å². The molecule has 3 N–H and O–H groups in total. The molecule has 0 bridgehead atoms. The number of amides is 1. The average molecular weight is 554 g/mol. The molecule has 2 unspecified atom stereocenters. The molecule has 37 heavy (non-hydrogen) atoms. The van der Waals surface area contributed by atoms with Crippen molar-refractivity contribution in [2.75, 3.05) is 5.32 Å². The number of nitrogens with one attached hydrogen (secondary N) is 2. The van der Waals surface area contributed by atoms with Crippen molar-refractivity contribution in [3.63, 3.8) is 0 Å². The molecule has 188 valence electrons. The zero-order valence-electron chi connectivity index (χ0n) is 19.2. The van der Waals surface area contributed by atoms with Crippen molar-refractivity contribution in [1.29, 1.82) is 0 Å². The van der Waals surface area contributed by atoms with Crippen molar-refractivity contribution in [2.45, 2.75) is 18.5 Å². The van der Waals surface area contributed by atoms with Gasteiger partial charge < -0.3 is 15.7 Å². The minimum Gasteiger partial charge on any atom is -0.480 e. The number of aliphatic carboxylic acids is 1. The van der Waals surface area contributed by atoms with Crippen LogP contribution in [0.5, 0.6) is 0 Å². The van der Waals surface area contributed by atoms with Crippen molar-refractivity contribution < 1.29 is 14.7 Å². The maximum absolute atomic E-state index is 12.6. The van der Waals surface area contributed by atoms with E-state index in [-0.39, 0.29) is 28.1 Å². The third-order valence-corrected chi connectivity index (χ3v) is 6.52. The van der Waals surface area contributed by atoms with Gasteiger partial charge in [0.2, 0.25) is 0 Å². The van der Waals surface area contributed by atoms with Crippen molar-refractivity contribution in [3.05, 3.63) is 111 Å². The summed E-state index contributed by atoms with van der Waals surface area (Å²) in [6, 6.07) is 12.5. The highest BCUT2D eigenvalue weighted by Crippen LogP contribution is 2.25. The van der Waals surface area contributed by atoms with Gasteiger partial charge in [-0.25, -0.2) is 19.7 Å². The molecule has 4 rings (SSSR count). The quantitative estimate of drug-likeness (QED) is 0.229. The number of benzene rings is 2. The van der Waals surface area contributed by atoms with Crippen molar-refractivity contribution in [1.82, 2.24) is 20.3 Å². The predicted molar refractivity (Wildman–Crippen MR) is 145 cm³/mol. The highest BCUT2D eigenvalue weighted by Gasteiger charge is 2.22. The number of aromatic nitrogens is 3. The lowest BCUT2D eigenvalue weighted by Crippen LogP contribution is -2.40. The van der Waals surface area contributed by atoms with E-state index >= 15 is 0 Å². The molecule has 8 nitrogen and oxygen atoms in total. The van der Waals surface area contributed by atoms with Crippen LogP contribution in [0.2, 0.25) is 10.0 Å². The first-order chi connectivity index (χ1) is 17.9. The van der Waals surface area contributed by atoms with Crippen LogP contribution in [-0.2, 0) is 4.79 Å². The largest absolute Gasteiger partial charge is 0.480 e. The van der Waals surface area contributed by atoms with E-state index in [0.717, 1.165) is 16.9 Å². The Balaban J connectivity index is 1.40. The number of thiazole rings is 1. The maximum Gasteiger partial charge on any atom is 0.326 e. The molecule has 2 atom stereocenters. The Morgan fingerprint density at radius 1 is 1.00 bits per heavy atom. The van der Waals surface area contributed by atoms with Crippen LogP contribution in [0.15, 0.2) is 77.9 Å². The fourth-order valence-corrected chi connectivity index (χ4v) is 4.61. The maximum atomic E-state index is 12.6. The first kappa shape index (κ1) is 26.3. The number of nitrogens with zero attached hydrogens (tertiary/aromatic N) is 3. The molecule has 2 heterocycles. The first-order valence-corrected chi connectivity index (χ1v) is 12.8. The number of hydrogen-bond acceptors (Lipinski definition) is 7. The summed E-state index contributed by atoms with van der Waals surface area (Å²) in [4.78, 5) is 37.4. The van der Waals surface area contributed by atoms with Crippen molar-refractivity contribution >= 4 is 58.2 Å². The van der Waals surface area contributed by atoms with Gasteiger partial charge in [0.15, 0.2) is 5.82 Å². The van der Waals surface area contributed by atoms with Crippen LogP contribution in [0.1, 0.15) is 39.9 Å². The van der Waals surface area contributed by atoms with Crippen molar-refractivity contribution in [3.8, 4) is 0 Å². The van der Waals surface area contributed by atoms with Crippen LogP contribution in [0.25, 0.3) is 6.08 Å². The number of anilines is 1. The van der Waals surface area contributed by atoms with Crippen molar-refractivity contribution in [2.24, 2.45) is 0 Å². The Labute approximate surface area is 227 Å². The van der Waals surface area contributed by atoms with E-state index in [9.17, 15) is 14.7 Å². The topological polar surface area (TPSA) is 117 Å². The highest BCUT2D eigenvalue weighted by molar-refractivity contribution is 7.07. The number of carbonyl (C=O) groups is 2. The Bertz CT molecular complexity index is 1360. The summed E-state index contributed by atoms with van der Waals surface area (Å²) in [6.07, 6.45) is 6.92. The summed E-state index contributed by atoms with van der Waals surface area (Å²) in [7, 11) is 0. The van der Waals surface area contributed by atoms with E-state index in [1.54, 1.807) is 42.2 Å². The van der Waals surface area contributed by atoms with Gasteiger partial charge in [0.05, 0.1) is 26.8 Å². The molecule has 4 aromatic rings. The molecule has 0 saturated carbocycles. The van der Waals surface area contributed by atoms with Gasteiger partial charge in [0.25, 0.3) is 5.91 Å². The van der Waals surface area contributed by atoms with E-state index < -0.39 is 17.9 Å². The van der Waals surface area contributed by atoms with Crippen LogP contribution >= 0.6 is 34.5 Å². The first-order valence-electron chi connectivity index (χ1n) is 11.1. The molecule has 0 fully saturated rings. The van der Waals surface area contributed by atoms with Gasteiger partial charge in [-0.15, -0.1) is 11.3 Å². The van der Waals surface area contributed by atoms with E-state index in [1.165, 1.54) is 23.5 Å². The lowest BCUT2D eigenvalue weighted by molar-refractivity contribution is -0.139. The summed E-state index contributed by atoms with van der Waals surface area (Å²) >= 11 is 13.6. The molecule has 0 aliphatic heterocycles. The van der Waals surface area contributed by atoms with E-state index in [0.29, 0.717) is 5.82 Å². The van der Waals surface area contributed by atoms with Crippen LogP contribution < -0.4 is 10.6 Å². The molecule has 1 amide bonds. The summed E-state index contributed by atoms with van der Waals surface area (Å²) in [6.45, 7) is 0. The van der Waals surface area contributed by atoms with Crippen LogP contribution in [0.3, 0.4) is 0 Å². The number of halogens is 2. The smallest absolute Gasteiger partial charge is 0.326 e. The predicted octanol–water partition coefficient (Wildman–Crippen LogP) is 5.73. The standard InChI is InChI=1S/C26H21Cl2N5O3S/c27-18-5-2-6-19(28)22(18)25(34)33-20(26(35)36)7-1-4-16-8-10-17(11-9-16)32-23(21-14-37-15-31-21)24-29-12-3-13-30-24/h1-6,8-15,20,23,32H,7H2,(H,33,34)(H,35,36)/b4-1+. The fourth-order valence-electron chi connectivity index (χ4n) is 3.46. The molecular weight excluding hydrogens is 533 g/mol. The molecule has 0 saturated heterocycles. The second-order valence-electron chi connectivity index (χ2n) is 7.82. The fraction of sp³-hybridized carbons (Fsp3) is 0.115. The molecule has 2 aromatic heterocycles. The monoisotopic (exact) mass is 553 g/mol. The lowest BCUT2D eigenvalue weighted by Gasteiger charge is -2.17. The number of carboxylic acid groups (broad SMARTS) is 1. The van der Waals surface area contributed by atoms with Gasteiger partial charge in [-0.05, 0) is 42.3 Å². The number of carboxylic acids is 1. The molecule has 0 aliphatic carbocycles. The third-order valence-electron chi connectivity index (χ3n) is 5.29. The SMILES string of the molecule is O=C(NC(C/C=C/c1ccc(NC(c2cscn2)c2ncccn2)cc1)C(=O)O)c1c(Cl)cccc1Cl. The molecule has 2 aromatic carbocycles. The second kappa shape index (κ2) is 12.4. The zero-order chi connectivity index (χ0) is 26.2. The number of rotatable bonds is 10. The summed E-state index contributed by atoms with van der Waals surface area (Å²) in [5.41, 5.74) is 4.32. The van der Waals surface area contributed by atoms with E-state index in [2.05, 4.69) is 25.6 Å². The molecule has 0 spiro atoms. The molecule has 0 aliphatic rings. The summed E-state index contributed by atoms with van der Waals surface area (Å²) in [5, 5.41) is 17.7. The van der Waals surface area contributed by atoms with Crippen LogP contribution in [0.4, 0.5) is 5.69 Å². The molecule has 11 heteroatoms. The lowest BCUT2D eigenvalue weighted by atomic mass is 10.1. The van der Waals surface area contributed by atoms with E-state index in [4.69, 9.17) is 23.2 Å². The van der Waals surface area contributed by atoms with Gasteiger partial charge in [0.1, 0.15) is 12.1 Å². The van der Waals surface area contributed by atoms with E-state index in [1.807, 2.05) is 29.6 Å². The minimum absolute atomic E-state index is 0.0426. The average Bonchev–Trinajstić information content (AvgIpc) is 3.42. The number of hydrogen-bond donors (Lipinski definition) is 3. The normalized spacial score (nSPS) is 12.7. The van der Waals surface area contributed by atoms with Crippen LogP contribution in [0, 0.1) is 0 Å². The van der Waals surface area contributed by atoms with Gasteiger partial charge in [-0.2, -0.15) is 0 Å². The Hall–Kier alpha value is -3.79. The van der Waals surface area contributed by atoms with Gasteiger partial charge in [0, 0.05) is 23.5 Å². The van der Waals surface area contributed by atoms with Gasteiger partial charge >= 0.3 is 5.97 Å². The molecular formula is C26H21Cl2N5O3S. The minimum atomic E-state index is -1.17. The van der Waals surface area contributed by atoms with Gasteiger partial charge in [-0.1, -0.05) is 53.6 Å². The second-order valence-corrected chi connectivity index (χ2v) is 9.35. The Kier molecular flexibility index (Phi) is 8.84.